The molecule has 0 saturated heterocycles. The minimum atomic E-state index is -1.18. The molecule has 4 heteroatoms. The normalized spacial score (nSPS) is 15.9. The molecule has 1 aromatic carbocycles. The average Bonchev–Trinajstić information content (AvgIpc) is 2.43. The molecule has 1 aliphatic carbocycles. The minimum absolute atomic E-state index is 0.180. The van der Waals surface area contributed by atoms with Gasteiger partial charge in [-0.3, -0.25) is 9.59 Å². The lowest BCUT2D eigenvalue weighted by Gasteiger charge is -2.30. The van der Waals surface area contributed by atoms with Crippen molar-refractivity contribution in [3.63, 3.8) is 0 Å². The number of para-hydroxylation sites is 2. The average molecular weight is 266 g/mol. The topological polar surface area (TPSA) is 59.9 Å². The summed E-state index contributed by atoms with van der Waals surface area (Å²) in [7, 11) is 0. The fourth-order valence-electron chi connectivity index (χ4n) is 2.76. The Labute approximate surface area is 116 Å². The van der Waals surface area contributed by atoms with E-state index in [1.165, 1.54) is 13.8 Å². The van der Waals surface area contributed by atoms with Crippen molar-refractivity contribution in [2.24, 2.45) is 0 Å². The number of allylic oxidation sites excluding steroid dienone is 1. The van der Waals surface area contributed by atoms with Crippen molar-refractivity contribution in [1.82, 2.24) is 9.97 Å². The highest BCUT2D eigenvalue weighted by Gasteiger charge is 2.46. The predicted octanol–water partition coefficient (Wildman–Crippen LogP) is 2.46. The second-order valence-electron chi connectivity index (χ2n) is 5.07. The van der Waals surface area contributed by atoms with Crippen molar-refractivity contribution < 1.29 is 9.59 Å². The van der Waals surface area contributed by atoms with Gasteiger partial charge in [0.15, 0.2) is 0 Å². The van der Waals surface area contributed by atoms with Gasteiger partial charge in [0.25, 0.3) is 0 Å². The summed E-state index contributed by atoms with van der Waals surface area (Å²) in [4.78, 5) is 33.4. The molecule has 0 N–H and O–H groups in total. The van der Waals surface area contributed by atoms with Crippen LogP contribution < -0.4 is 0 Å². The minimum Gasteiger partial charge on any atom is -0.298 e. The zero-order valence-corrected chi connectivity index (χ0v) is 11.4. The Morgan fingerprint density at radius 2 is 1.65 bits per heavy atom. The van der Waals surface area contributed by atoms with Crippen molar-refractivity contribution in [2.75, 3.05) is 0 Å². The maximum Gasteiger partial charge on any atom is 0.149 e. The van der Waals surface area contributed by atoms with Crippen molar-refractivity contribution in [3.8, 4) is 0 Å². The van der Waals surface area contributed by atoms with Crippen LogP contribution in [0.2, 0.25) is 0 Å². The molecule has 1 aliphatic rings. The summed E-state index contributed by atoms with van der Waals surface area (Å²) in [5, 5.41) is 0. The molecule has 0 unspecified atom stereocenters. The maximum atomic E-state index is 12.1. The smallest absolute Gasteiger partial charge is 0.149 e. The van der Waals surface area contributed by atoms with E-state index in [4.69, 9.17) is 0 Å². The van der Waals surface area contributed by atoms with Crippen LogP contribution in [0.3, 0.4) is 0 Å². The lowest BCUT2D eigenvalue weighted by molar-refractivity contribution is -0.133. The van der Waals surface area contributed by atoms with Gasteiger partial charge in [0.05, 0.1) is 22.4 Å². The number of carbonyl (C=O) groups is 2. The van der Waals surface area contributed by atoms with Gasteiger partial charge in [-0.2, -0.15) is 0 Å². The number of carbonyl (C=O) groups excluding carboxylic acids is 2. The molecule has 0 bridgehead atoms. The van der Waals surface area contributed by atoms with Crippen LogP contribution in [0.15, 0.2) is 30.3 Å². The van der Waals surface area contributed by atoms with Gasteiger partial charge >= 0.3 is 0 Å². The van der Waals surface area contributed by atoms with Crippen LogP contribution in [0, 0.1) is 0 Å². The highest BCUT2D eigenvalue weighted by atomic mass is 16.2. The molecule has 0 aliphatic heterocycles. The molecule has 20 heavy (non-hydrogen) atoms. The molecular weight excluding hydrogens is 252 g/mol. The highest BCUT2D eigenvalue weighted by molar-refractivity contribution is 6.12. The molecular formula is C16H14N2O2. The van der Waals surface area contributed by atoms with Crippen LogP contribution in [0.5, 0.6) is 0 Å². The van der Waals surface area contributed by atoms with E-state index in [1.54, 1.807) is 0 Å². The quantitative estimate of drug-likeness (QED) is 0.783. The Morgan fingerprint density at radius 3 is 2.25 bits per heavy atom. The number of aromatic nitrogens is 2. The van der Waals surface area contributed by atoms with Gasteiger partial charge < -0.3 is 0 Å². The number of hydrogen-bond acceptors (Lipinski definition) is 4. The first-order valence-corrected chi connectivity index (χ1v) is 6.51. The standard InChI is InChI=1S/C16H14N2O2/c1-10(19)16(11(2)20)9-5-8-14-15(16)18-13-7-4-3-6-12(13)17-14/h3-8H,9H2,1-2H3. The van der Waals surface area contributed by atoms with Crippen molar-refractivity contribution >= 4 is 28.7 Å². The van der Waals surface area contributed by atoms with Gasteiger partial charge in [0.2, 0.25) is 0 Å². The van der Waals surface area contributed by atoms with E-state index in [-0.39, 0.29) is 11.6 Å². The lowest BCUT2D eigenvalue weighted by atomic mass is 9.71. The Kier molecular flexibility index (Phi) is 2.74. The van der Waals surface area contributed by atoms with Gasteiger partial charge in [-0.05, 0) is 38.5 Å². The first-order chi connectivity index (χ1) is 9.55. The number of rotatable bonds is 2. The molecule has 100 valence electrons. The predicted molar refractivity (Wildman–Crippen MR) is 76.2 cm³/mol. The SMILES string of the molecule is CC(=O)C1(C(C)=O)CC=Cc2nc3ccccc3nc21. The van der Waals surface area contributed by atoms with E-state index in [0.717, 1.165) is 5.52 Å². The number of Topliss-reactive ketones (excluding diaryl/α,β-unsaturated/α-hetero) is 2. The van der Waals surface area contributed by atoms with Gasteiger partial charge in [-0.1, -0.05) is 18.2 Å². The lowest BCUT2D eigenvalue weighted by Crippen LogP contribution is -2.43. The Balaban J connectivity index is 2.37. The van der Waals surface area contributed by atoms with Crippen LogP contribution >= 0.6 is 0 Å². The van der Waals surface area contributed by atoms with E-state index in [0.29, 0.717) is 23.3 Å². The largest absolute Gasteiger partial charge is 0.298 e. The van der Waals surface area contributed by atoms with Crippen molar-refractivity contribution in [3.05, 3.63) is 41.7 Å². The second kappa shape index (κ2) is 4.34. The number of nitrogens with zero attached hydrogens (tertiary/aromatic N) is 2. The third kappa shape index (κ3) is 1.61. The molecule has 2 aromatic rings. The fourth-order valence-corrected chi connectivity index (χ4v) is 2.76. The zero-order chi connectivity index (χ0) is 14.3. The molecule has 1 aromatic heterocycles. The summed E-state index contributed by atoms with van der Waals surface area (Å²) in [5.41, 5.74) is 1.38. The maximum absolute atomic E-state index is 12.1. The van der Waals surface area contributed by atoms with Gasteiger partial charge in [0, 0.05) is 0 Å². The Hall–Kier alpha value is -2.36. The monoisotopic (exact) mass is 266 g/mol. The summed E-state index contributed by atoms with van der Waals surface area (Å²) < 4.78 is 0. The molecule has 3 rings (SSSR count). The van der Waals surface area contributed by atoms with E-state index in [1.807, 2.05) is 36.4 Å². The van der Waals surface area contributed by atoms with Crippen LogP contribution in [-0.2, 0) is 15.0 Å². The first-order valence-electron chi connectivity index (χ1n) is 6.51. The van der Waals surface area contributed by atoms with E-state index in [2.05, 4.69) is 9.97 Å². The zero-order valence-electron chi connectivity index (χ0n) is 11.4. The molecule has 0 saturated carbocycles. The Bertz CT molecular complexity index is 748. The van der Waals surface area contributed by atoms with Crippen LogP contribution in [0.25, 0.3) is 17.1 Å². The van der Waals surface area contributed by atoms with Gasteiger partial charge in [-0.15, -0.1) is 0 Å². The summed E-state index contributed by atoms with van der Waals surface area (Å²) in [6.07, 6.45) is 4.02. The summed E-state index contributed by atoms with van der Waals surface area (Å²) in [6.45, 7) is 2.89. The van der Waals surface area contributed by atoms with Gasteiger partial charge in [0.1, 0.15) is 17.0 Å². The molecule has 1 heterocycles. The number of ketones is 2. The molecule has 0 radical (unpaired) electrons. The van der Waals surface area contributed by atoms with Crippen LogP contribution in [0.4, 0.5) is 0 Å². The fraction of sp³-hybridized carbons (Fsp3) is 0.250. The van der Waals surface area contributed by atoms with Crippen molar-refractivity contribution in [1.29, 1.82) is 0 Å². The van der Waals surface area contributed by atoms with E-state index in [9.17, 15) is 9.59 Å². The van der Waals surface area contributed by atoms with E-state index < -0.39 is 5.41 Å². The first kappa shape index (κ1) is 12.7. The van der Waals surface area contributed by atoms with Gasteiger partial charge in [-0.25, -0.2) is 9.97 Å². The second-order valence-corrected chi connectivity index (χ2v) is 5.07. The number of fused-ring (bicyclic) bond motifs is 2. The summed E-state index contributed by atoms with van der Waals surface area (Å²) >= 11 is 0. The highest BCUT2D eigenvalue weighted by Crippen LogP contribution is 2.36. The molecule has 0 fully saturated rings. The van der Waals surface area contributed by atoms with Crippen molar-refractivity contribution in [2.45, 2.75) is 25.7 Å². The number of hydrogen-bond donors (Lipinski definition) is 0. The Morgan fingerprint density at radius 1 is 1.05 bits per heavy atom. The molecule has 0 spiro atoms. The third-order valence-corrected chi connectivity index (χ3v) is 3.90. The third-order valence-electron chi connectivity index (χ3n) is 3.90. The summed E-state index contributed by atoms with van der Waals surface area (Å²) in [6, 6.07) is 7.46. The van der Waals surface area contributed by atoms with Crippen LogP contribution in [-0.4, -0.2) is 21.5 Å². The van der Waals surface area contributed by atoms with E-state index >= 15 is 0 Å². The molecule has 0 atom stereocenters. The molecule has 4 nitrogen and oxygen atoms in total. The number of benzene rings is 1. The van der Waals surface area contributed by atoms with Crippen LogP contribution in [0.1, 0.15) is 31.7 Å². The molecule has 0 amide bonds. The summed E-state index contributed by atoms with van der Waals surface area (Å²) in [5.74, 6) is -0.361.